The SMILES string of the molecule is CCC(C)C(NC(=O)C(CS)NC(=O)C(Cc1c[nH]c2ccccc12)NC(=O)C(N)Cc1ccccc1)C(=O)O. The summed E-state index contributed by atoms with van der Waals surface area (Å²) in [5.41, 5.74) is 8.73. The first-order chi connectivity index (χ1) is 19.1. The summed E-state index contributed by atoms with van der Waals surface area (Å²) in [6.07, 6.45) is 2.72. The number of fused-ring (bicyclic) bond motifs is 1. The quantitative estimate of drug-likeness (QED) is 0.147. The molecule has 0 aliphatic carbocycles. The highest BCUT2D eigenvalue weighted by molar-refractivity contribution is 7.80. The van der Waals surface area contributed by atoms with E-state index >= 15 is 0 Å². The van der Waals surface area contributed by atoms with E-state index < -0.39 is 47.9 Å². The van der Waals surface area contributed by atoms with Gasteiger partial charge in [0.15, 0.2) is 0 Å². The first-order valence-corrected chi connectivity index (χ1v) is 13.9. The summed E-state index contributed by atoms with van der Waals surface area (Å²) in [5, 5.41) is 18.3. The van der Waals surface area contributed by atoms with Crippen LogP contribution in [0.3, 0.4) is 0 Å². The van der Waals surface area contributed by atoms with Crippen LogP contribution < -0.4 is 21.7 Å². The topological polar surface area (TPSA) is 166 Å². The molecule has 11 heteroatoms. The van der Waals surface area contributed by atoms with Gasteiger partial charge in [0.2, 0.25) is 17.7 Å². The lowest BCUT2D eigenvalue weighted by molar-refractivity contribution is -0.143. The van der Waals surface area contributed by atoms with Gasteiger partial charge in [-0.25, -0.2) is 4.79 Å². The second-order valence-corrected chi connectivity index (χ2v) is 10.2. The molecule has 40 heavy (non-hydrogen) atoms. The average molecular weight is 568 g/mol. The number of hydrogen-bond acceptors (Lipinski definition) is 6. The van der Waals surface area contributed by atoms with Gasteiger partial charge in [-0.1, -0.05) is 68.8 Å². The summed E-state index contributed by atoms with van der Waals surface area (Å²) < 4.78 is 0. The predicted molar refractivity (Wildman–Crippen MR) is 157 cm³/mol. The maximum atomic E-state index is 13.5. The molecular formula is C29H37N5O5S. The van der Waals surface area contributed by atoms with Gasteiger partial charge in [0.1, 0.15) is 18.1 Å². The van der Waals surface area contributed by atoms with Crippen LogP contribution in [0.4, 0.5) is 0 Å². The van der Waals surface area contributed by atoms with E-state index in [1.54, 1.807) is 13.1 Å². The number of para-hydroxylation sites is 1. The molecule has 0 saturated heterocycles. The van der Waals surface area contributed by atoms with Gasteiger partial charge in [-0.3, -0.25) is 14.4 Å². The third-order valence-electron chi connectivity index (χ3n) is 6.96. The average Bonchev–Trinajstić information content (AvgIpc) is 3.36. The highest BCUT2D eigenvalue weighted by Gasteiger charge is 2.32. The summed E-state index contributed by atoms with van der Waals surface area (Å²) in [7, 11) is 0. The normalized spacial score (nSPS) is 14.9. The number of H-pyrrole nitrogens is 1. The van der Waals surface area contributed by atoms with E-state index in [4.69, 9.17) is 5.73 Å². The summed E-state index contributed by atoms with van der Waals surface area (Å²) in [6.45, 7) is 3.55. The van der Waals surface area contributed by atoms with Gasteiger partial charge in [-0.2, -0.15) is 12.6 Å². The number of amides is 3. The standard InChI is InChI=1S/C29H37N5O5S/c1-3-17(2)25(29(38)39)34-28(37)24(16-40)33-27(36)23(14-19-15-31-22-12-8-7-11-20(19)22)32-26(35)21(30)13-18-9-5-4-6-10-18/h4-12,15,17,21,23-25,31,40H,3,13-14,16,30H2,1-2H3,(H,32,35)(H,33,36)(H,34,37)(H,38,39). The van der Waals surface area contributed by atoms with Crippen LogP contribution in [-0.4, -0.2) is 63.7 Å². The molecule has 214 valence electrons. The van der Waals surface area contributed by atoms with Crippen molar-refractivity contribution in [1.82, 2.24) is 20.9 Å². The molecule has 0 fully saturated rings. The first-order valence-electron chi connectivity index (χ1n) is 13.2. The van der Waals surface area contributed by atoms with E-state index in [0.717, 1.165) is 22.0 Å². The molecule has 5 unspecified atom stereocenters. The minimum absolute atomic E-state index is 0.0777. The van der Waals surface area contributed by atoms with Crippen LogP contribution in [0.2, 0.25) is 0 Å². The van der Waals surface area contributed by atoms with Gasteiger partial charge in [0.25, 0.3) is 0 Å². The minimum Gasteiger partial charge on any atom is -0.480 e. The third kappa shape index (κ3) is 8.09. The minimum atomic E-state index is -1.16. The van der Waals surface area contributed by atoms with Crippen molar-refractivity contribution in [2.24, 2.45) is 11.7 Å². The molecule has 0 bridgehead atoms. The number of rotatable bonds is 14. The van der Waals surface area contributed by atoms with Gasteiger partial charge >= 0.3 is 5.97 Å². The Morgan fingerprint density at radius 2 is 1.52 bits per heavy atom. The molecule has 5 atom stereocenters. The smallest absolute Gasteiger partial charge is 0.326 e. The highest BCUT2D eigenvalue weighted by atomic mass is 32.1. The molecular weight excluding hydrogens is 530 g/mol. The first kappa shape index (κ1) is 30.7. The molecule has 10 nitrogen and oxygen atoms in total. The number of nitrogens with one attached hydrogen (secondary N) is 4. The number of carbonyl (C=O) groups is 4. The molecule has 2 aromatic carbocycles. The summed E-state index contributed by atoms with van der Waals surface area (Å²) in [6, 6.07) is 12.7. The van der Waals surface area contributed by atoms with Gasteiger partial charge in [0, 0.05) is 29.3 Å². The van der Waals surface area contributed by atoms with Crippen LogP contribution in [0, 0.1) is 5.92 Å². The number of aromatic amines is 1. The fourth-order valence-corrected chi connectivity index (χ4v) is 4.63. The van der Waals surface area contributed by atoms with E-state index in [1.807, 2.05) is 61.5 Å². The van der Waals surface area contributed by atoms with Gasteiger partial charge in [-0.15, -0.1) is 0 Å². The van der Waals surface area contributed by atoms with E-state index in [1.165, 1.54) is 0 Å². The molecule has 1 aromatic heterocycles. The van der Waals surface area contributed by atoms with Crippen molar-refractivity contribution in [2.75, 3.05) is 5.75 Å². The van der Waals surface area contributed by atoms with Gasteiger partial charge in [0.05, 0.1) is 6.04 Å². The van der Waals surface area contributed by atoms with Crippen LogP contribution in [0.25, 0.3) is 10.9 Å². The summed E-state index contributed by atoms with van der Waals surface area (Å²) in [4.78, 5) is 54.4. The van der Waals surface area contributed by atoms with E-state index in [0.29, 0.717) is 6.42 Å². The zero-order valence-corrected chi connectivity index (χ0v) is 23.5. The molecule has 7 N–H and O–H groups in total. The maximum Gasteiger partial charge on any atom is 0.326 e. The summed E-state index contributed by atoms with van der Waals surface area (Å²) in [5.74, 6) is -3.37. The molecule has 0 saturated carbocycles. The van der Waals surface area contributed by atoms with Crippen LogP contribution in [0.5, 0.6) is 0 Å². The Kier molecular flexibility index (Phi) is 11.2. The largest absolute Gasteiger partial charge is 0.480 e. The number of thiol groups is 1. The van der Waals surface area contributed by atoms with Crippen molar-refractivity contribution in [1.29, 1.82) is 0 Å². The van der Waals surface area contributed by atoms with Gasteiger partial charge < -0.3 is 31.8 Å². The number of carbonyl (C=O) groups excluding carboxylic acids is 3. The van der Waals surface area contributed by atoms with Crippen LogP contribution in [0.15, 0.2) is 60.8 Å². The number of hydrogen-bond donors (Lipinski definition) is 7. The third-order valence-corrected chi connectivity index (χ3v) is 7.32. The van der Waals surface area contributed by atoms with Crippen molar-refractivity contribution in [2.45, 2.75) is 57.3 Å². The maximum absolute atomic E-state index is 13.5. The Bertz CT molecular complexity index is 1310. The Morgan fingerprint density at radius 3 is 2.17 bits per heavy atom. The summed E-state index contributed by atoms with van der Waals surface area (Å²) >= 11 is 4.21. The van der Waals surface area contributed by atoms with Crippen LogP contribution in [-0.2, 0) is 32.0 Å². The number of carboxylic acids is 1. The number of aromatic nitrogens is 1. The van der Waals surface area contributed by atoms with Crippen LogP contribution in [0.1, 0.15) is 31.4 Å². The molecule has 0 aliphatic heterocycles. The van der Waals surface area contributed by atoms with E-state index in [2.05, 4.69) is 33.6 Å². The van der Waals surface area contributed by atoms with Crippen molar-refractivity contribution in [3.63, 3.8) is 0 Å². The molecule has 0 radical (unpaired) electrons. The second kappa shape index (κ2) is 14.5. The van der Waals surface area contributed by atoms with Gasteiger partial charge in [-0.05, 0) is 29.5 Å². The lowest BCUT2D eigenvalue weighted by Gasteiger charge is -2.26. The Balaban J connectivity index is 1.79. The van der Waals surface area contributed by atoms with Crippen molar-refractivity contribution < 1.29 is 24.3 Å². The van der Waals surface area contributed by atoms with E-state index in [9.17, 15) is 24.3 Å². The van der Waals surface area contributed by atoms with E-state index in [-0.39, 0.29) is 24.5 Å². The molecule has 0 aliphatic rings. The van der Waals surface area contributed by atoms with Crippen LogP contribution >= 0.6 is 12.6 Å². The number of nitrogens with two attached hydrogens (primary N) is 1. The second-order valence-electron chi connectivity index (χ2n) is 9.87. The molecule has 3 rings (SSSR count). The fourth-order valence-electron chi connectivity index (χ4n) is 4.37. The molecule has 3 amide bonds. The number of carboxylic acid groups (broad SMARTS) is 1. The Hall–Kier alpha value is -3.83. The molecule has 3 aromatic rings. The lowest BCUT2D eigenvalue weighted by atomic mass is 9.99. The van der Waals surface area contributed by atoms with Crippen molar-refractivity contribution >= 4 is 47.2 Å². The predicted octanol–water partition coefficient (Wildman–Crippen LogP) is 1.80. The fraction of sp³-hybridized carbons (Fsp3) is 0.379. The zero-order valence-electron chi connectivity index (χ0n) is 22.6. The Morgan fingerprint density at radius 1 is 0.900 bits per heavy atom. The zero-order chi connectivity index (χ0) is 29.2. The molecule has 1 heterocycles. The highest BCUT2D eigenvalue weighted by Crippen LogP contribution is 2.19. The molecule has 0 spiro atoms. The van der Waals surface area contributed by atoms with Crippen molar-refractivity contribution in [3.05, 3.63) is 71.9 Å². The lowest BCUT2D eigenvalue weighted by Crippen LogP contribution is -2.58. The monoisotopic (exact) mass is 567 g/mol. The van der Waals surface area contributed by atoms with Crippen molar-refractivity contribution in [3.8, 4) is 0 Å². The number of benzene rings is 2. The number of aliphatic carboxylic acids is 1. The Labute approximate surface area is 238 Å².